The Labute approximate surface area is 211 Å². The van der Waals surface area contributed by atoms with Crippen LogP contribution < -0.4 is 9.46 Å². The van der Waals surface area contributed by atoms with Crippen LogP contribution in [0.15, 0.2) is 77.8 Å². The van der Waals surface area contributed by atoms with Gasteiger partial charge in [0.1, 0.15) is 11.6 Å². The number of hydrogen-bond donors (Lipinski definition) is 2. The van der Waals surface area contributed by atoms with Crippen molar-refractivity contribution in [2.75, 3.05) is 20.2 Å². The molecule has 6 nitrogen and oxygen atoms in total. The number of methoxy groups -OCH3 is 1. The second kappa shape index (κ2) is 10.4. The molecule has 1 atom stereocenters. The third-order valence-electron chi connectivity index (χ3n) is 6.89. The van der Waals surface area contributed by atoms with Crippen LogP contribution in [0.2, 0.25) is 0 Å². The summed E-state index contributed by atoms with van der Waals surface area (Å²) in [7, 11) is -1.97. The van der Waals surface area contributed by atoms with Gasteiger partial charge in [-0.15, -0.1) is 0 Å². The summed E-state index contributed by atoms with van der Waals surface area (Å²) in [6.45, 7) is 1.80. The first-order valence-corrected chi connectivity index (χ1v) is 13.6. The zero-order chi connectivity index (χ0) is 25.1. The molecule has 0 spiro atoms. The molecule has 0 amide bonds. The molecule has 36 heavy (non-hydrogen) atoms. The maximum absolute atomic E-state index is 13.2. The van der Waals surface area contributed by atoms with Crippen LogP contribution in [0.25, 0.3) is 10.9 Å². The maximum Gasteiger partial charge on any atom is 0.240 e. The molecule has 1 aliphatic rings. The lowest BCUT2D eigenvalue weighted by Crippen LogP contribution is -2.41. The monoisotopic (exact) mass is 507 g/mol. The molecule has 4 aromatic rings. The van der Waals surface area contributed by atoms with Crippen molar-refractivity contribution in [3.63, 3.8) is 0 Å². The summed E-state index contributed by atoms with van der Waals surface area (Å²) >= 11 is 0. The van der Waals surface area contributed by atoms with Gasteiger partial charge >= 0.3 is 0 Å². The number of ether oxygens (including phenoxy) is 1. The number of benzene rings is 3. The second-order valence-electron chi connectivity index (χ2n) is 9.21. The molecule has 0 radical (unpaired) electrons. The van der Waals surface area contributed by atoms with Gasteiger partial charge in [-0.25, -0.2) is 17.5 Å². The van der Waals surface area contributed by atoms with Gasteiger partial charge in [0.15, 0.2) is 0 Å². The number of aromatic nitrogens is 1. The molecule has 1 unspecified atom stereocenters. The quantitative estimate of drug-likeness (QED) is 0.307. The molecule has 3 aromatic carbocycles. The average Bonchev–Trinajstić information content (AvgIpc) is 3.31. The molecule has 8 heteroatoms. The van der Waals surface area contributed by atoms with E-state index in [-0.39, 0.29) is 10.9 Å². The number of rotatable bonds is 10. The predicted molar refractivity (Wildman–Crippen MR) is 139 cm³/mol. The number of halogens is 1. The van der Waals surface area contributed by atoms with Gasteiger partial charge in [0.05, 0.1) is 12.0 Å². The van der Waals surface area contributed by atoms with Crippen LogP contribution in [-0.2, 0) is 29.4 Å². The lowest BCUT2D eigenvalue weighted by Gasteiger charge is -2.35. The van der Waals surface area contributed by atoms with Gasteiger partial charge in [0.2, 0.25) is 10.0 Å². The minimum absolute atomic E-state index is 0.0671. The Kier molecular flexibility index (Phi) is 7.09. The van der Waals surface area contributed by atoms with Crippen LogP contribution in [0.3, 0.4) is 0 Å². The highest BCUT2D eigenvalue weighted by Gasteiger charge is 2.28. The van der Waals surface area contributed by atoms with Crippen molar-refractivity contribution >= 4 is 20.9 Å². The van der Waals surface area contributed by atoms with E-state index in [0.29, 0.717) is 13.0 Å². The molecule has 1 heterocycles. The highest BCUT2D eigenvalue weighted by Crippen LogP contribution is 2.37. The van der Waals surface area contributed by atoms with Gasteiger partial charge in [0, 0.05) is 48.3 Å². The van der Waals surface area contributed by atoms with E-state index >= 15 is 0 Å². The Morgan fingerprint density at radius 2 is 1.83 bits per heavy atom. The van der Waals surface area contributed by atoms with Crippen molar-refractivity contribution in [3.05, 3.63) is 95.4 Å². The van der Waals surface area contributed by atoms with Crippen molar-refractivity contribution in [2.45, 2.75) is 36.7 Å². The fourth-order valence-electron chi connectivity index (χ4n) is 5.12. The molecular weight excluding hydrogens is 477 g/mol. The maximum atomic E-state index is 13.2. The van der Waals surface area contributed by atoms with E-state index in [9.17, 15) is 12.8 Å². The molecule has 0 bridgehead atoms. The number of aromatic amines is 1. The Morgan fingerprint density at radius 1 is 1.06 bits per heavy atom. The van der Waals surface area contributed by atoms with Crippen LogP contribution in [0, 0.1) is 5.82 Å². The highest BCUT2D eigenvalue weighted by atomic mass is 32.2. The molecule has 0 saturated carbocycles. The minimum atomic E-state index is -3.68. The van der Waals surface area contributed by atoms with E-state index in [1.165, 1.54) is 34.2 Å². The molecule has 5 rings (SSSR count). The van der Waals surface area contributed by atoms with Crippen molar-refractivity contribution in [1.29, 1.82) is 0 Å². The van der Waals surface area contributed by atoms with E-state index in [1.807, 2.05) is 24.3 Å². The number of sulfonamides is 1. The molecule has 0 fully saturated rings. The Morgan fingerprint density at radius 3 is 2.58 bits per heavy atom. The number of H-pyrrole nitrogens is 1. The van der Waals surface area contributed by atoms with E-state index in [2.05, 4.69) is 39.0 Å². The Hall–Kier alpha value is -3.20. The van der Waals surface area contributed by atoms with E-state index in [1.54, 1.807) is 7.11 Å². The second-order valence-corrected chi connectivity index (χ2v) is 11.0. The zero-order valence-electron chi connectivity index (χ0n) is 20.2. The number of nitrogens with one attached hydrogen (secondary N) is 2. The third-order valence-corrected chi connectivity index (χ3v) is 8.37. The molecule has 0 saturated heterocycles. The van der Waals surface area contributed by atoms with Crippen molar-refractivity contribution < 1.29 is 17.5 Å². The highest BCUT2D eigenvalue weighted by molar-refractivity contribution is 7.89. The summed E-state index contributed by atoms with van der Waals surface area (Å²) < 4.78 is 46.8. The summed E-state index contributed by atoms with van der Waals surface area (Å²) in [6.07, 6.45) is 4.51. The number of hydrogen-bond acceptors (Lipinski definition) is 4. The van der Waals surface area contributed by atoms with E-state index in [0.717, 1.165) is 49.3 Å². The third kappa shape index (κ3) is 5.16. The first kappa shape index (κ1) is 24.5. The van der Waals surface area contributed by atoms with Gasteiger partial charge in [-0.1, -0.05) is 30.3 Å². The van der Waals surface area contributed by atoms with E-state index < -0.39 is 15.8 Å². The zero-order valence-corrected chi connectivity index (χ0v) is 21.0. The lowest BCUT2D eigenvalue weighted by atomic mass is 9.87. The summed E-state index contributed by atoms with van der Waals surface area (Å²) in [5.74, 6) is 0.440. The van der Waals surface area contributed by atoms with E-state index in [4.69, 9.17) is 4.74 Å². The normalized spacial score (nSPS) is 15.5. The van der Waals surface area contributed by atoms with Gasteiger partial charge in [-0.3, -0.25) is 4.90 Å². The standard InChI is InChI=1S/C28H30FN3O3S/c1-35-27-13-12-26-28-21(18-30-26)16-23(17-25(27)28)32(19-20-6-3-2-4-7-20)15-5-14-31-36(33,34)24-10-8-22(29)9-11-24/h2-4,6-13,18,23,30-31H,5,14-17,19H2,1H3. The molecule has 2 N–H and O–H groups in total. The smallest absolute Gasteiger partial charge is 0.240 e. The van der Waals surface area contributed by atoms with Crippen LogP contribution in [0.4, 0.5) is 4.39 Å². The summed E-state index contributed by atoms with van der Waals surface area (Å²) in [4.78, 5) is 5.90. The first-order valence-electron chi connectivity index (χ1n) is 12.1. The Balaban J connectivity index is 1.31. The molecule has 0 aliphatic heterocycles. The fraction of sp³-hybridized carbons (Fsp3) is 0.286. The Bertz CT molecular complexity index is 1440. The topological polar surface area (TPSA) is 74.4 Å². The summed E-state index contributed by atoms with van der Waals surface area (Å²) in [6, 6.07) is 19.5. The molecule has 1 aromatic heterocycles. The summed E-state index contributed by atoms with van der Waals surface area (Å²) in [5, 5.41) is 1.26. The van der Waals surface area contributed by atoms with Gasteiger partial charge in [-0.2, -0.15) is 0 Å². The average molecular weight is 508 g/mol. The summed E-state index contributed by atoms with van der Waals surface area (Å²) in [5.41, 5.74) is 4.85. The van der Waals surface area contributed by atoms with Crippen LogP contribution in [0.1, 0.15) is 23.1 Å². The first-order chi connectivity index (χ1) is 17.4. The molecular formula is C28H30FN3O3S. The van der Waals surface area contributed by atoms with Gasteiger partial charge in [-0.05, 0) is 66.8 Å². The van der Waals surface area contributed by atoms with Crippen molar-refractivity contribution in [3.8, 4) is 5.75 Å². The predicted octanol–water partition coefficient (Wildman–Crippen LogP) is 4.65. The van der Waals surface area contributed by atoms with Crippen LogP contribution in [0.5, 0.6) is 5.75 Å². The lowest BCUT2D eigenvalue weighted by molar-refractivity contribution is 0.180. The largest absolute Gasteiger partial charge is 0.496 e. The minimum Gasteiger partial charge on any atom is -0.496 e. The van der Waals surface area contributed by atoms with Crippen molar-refractivity contribution in [1.82, 2.24) is 14.6 Å². The van der Waals surface area contributed by atoms with Crippen LogP contribution >= 0.6 is 0 Å². The van der Waals surface area contributed by atoms with Crippen molar-refractivity contribution in [2.24, 2.45) is 0 Å². The fourth-order valence-corrected chi connectivity index (χ4v) is 6.20. The SMILES string of the molecule is COc1ccc2[nH]cc3c2c1CC(N(CCCNS(=O)(=O)c1ccc(F)cc1)Cc1ccccc1)C3. The van der Waals surface area contributed by atoms with Gasteiger partial charge < -0.3 is 9.72 Å². The van der Waals surface area contributed by atoms with Gasteiger partial charge in [0.25, 0.3) is 0 Å². The molecule has 1 aliphatic carbocycles. The number of nitrogens with zero attached hydrogens (tertiary/aromatic N) is 1. The van der Waals surface area contributed by atoms with Crippen LogP contribution in [-0.4, -0.2) is 44.5 Å². The molecule has 188 valence electrons.